The summed E-state index contributed by atoms with van der Waals surface area (Å²) in [5.41, 5.74) is -0.336. The van der Waals surface area contributed by atoms with Crippen molar-refractivity contribution in [1.29, 1.82) is 0 Å². The van der Waals surface area contributed by atoms with Gasteiger partial charge in [-0.15, -0.1) is 0 Å². The highest BCUT2D eigenvalue weighted by atomic mass is 79.9. The van der Waals surface area contributed by atoms with Crippen LogP contribution in [0.15, 0.2) is 27.1 Å². The Labute approximate surface area is 124 Å². The molecule has 1 atom stereocenters. The maximum atomic E-state index is 13.5. The summed E-state index contributed by atoms with van der Waals surface area (Å²) >= 11 is 3.32. The van der Waals surface area contributed by atoms with Gasteiger partial charge >= 0.3 is 0 Å². The first-order valence-corrected chi connectivity index (χ1v) is 7.69. The summed E-state index contributed by atoms with van der Waals surface area (Å²) in [5.74, 6) is 0.488. The lowest BCUT2D eigenvalue weighted by molar-refractivity contribution is -0.128. The quantitative estimate of drug-likeness (QED) is 0.866. The van der Waals surface area contributed by atoms with Gasteiger partial charge in [0, 0.05) is 11.9 Å². The molecule has 5 heteroatoms. The van der Waals surface area contributed by atoms with Gasteiger partial charge in [0.1, 0.15) is 22.8 Å². The maximum absolute atomic E-state index is 13.5. The summed E-state index contributed by atoms with van der Waals surface area (Å²) in [7, 11) is 0. The summed E-state index contributed by atoms with van der Waals surface area (Å²) in [6.45, 7) is 2.70. The van der Waals surface area contributed by atoms with Crippen molar-refractivity contribution in [3.8, 4) is 0 Å². The van der Waals surface area contributed by atoms with Crippen LogP contribution < -0.4 is 0 Å². The van der Waals surface area contributed by atoms with E-state index in [2.05, 4.69) is 20.8 Å². The van der Waals surface area contributed by atoms with Gasteiger partial charge in [-0.1, -0.05) is 0 Å². The number of rotatable bonds is 1. The summed E-state index contributed by atoms with van der Waals surface area (Å²) < 4.78 is 19.9. The van der Waals surface area contributed by atoms with E-state index in [4.69, 9.17) is 4.42 Å². The number of halogens is 2. The Morgan fingerprint density at radius 1 is 1.30 bits per heavy atom. The van der Waals surface area contributed by atoms with Gasteiger partial charge in [0.15, 0.2) is 0 Å². The van der Waals surface area contributed by atoms with Crippen molar-refractivity contribution < 1.29 is 13.9 Å². The zero-order valence-corrected chi connectivity index (χ0v) is 12.5. The van der Waals surface area contributed by atoms with Crippen LogP contribution in [-0.2, 0) is 5.60 Å². The molecule has 0 amide bonds. The van der Waals surface area contributed by atoms with Crippen LogP contribution in [0, 0.1) is 11.7 Å². The highest BCUT2D eigenvalue weighted by Gasteiger charge is 2.48. The lowest BCUT2D eigenvalue weighted by atomic mass is 9.74. The predicted molar refractivity (Wildman–Crippen MR) is 76.9 cm³/mol. The van der Waals surface area contributed by atoms with Gasteiger partial charge in [0.25, 0.3) is 0 Å². The molecule has 1 aromatic carbocycles. The lowest BCUT2D eigenvalue weighted by Gasteiger charge is -2.49. The molecule has 0 aliphatic carbocycles. The molecule has 106 valence electrons. The van der Waals surface area contributed by atoms with E-state index in [9.17, 15) is 9.50 Å². The van der Waals surface area contributed by atoms with E-state index in [1.165, 1.54) is 12.1 Å². The molecule has 3 aliphatic rings. The zero-order chi connectivity index (χ0) is 13.9. The SMILES string of the molecule is OC1(c2cc3cc(F)cc(Br)c3o2)CN2CCC1CC2. The molecular weight excluding hydrogens is 325 g/mol. The second-order valence-corrected chi connectivity index (χ2v) is 6.75. The Kier molecular flexibility index (Phi) is 2.75. The van der Waals surface area contributed by atoms with Gasteiger partial charge in [-0.2, -0.15) is 0 Å². The molecule has 0 spiro atoms. The first-order valence-electron chi connectivity index (χ1n) is 6.90. The average molecular weight is 340 g/mol. The first kappa shape index (κ1) is 12.8. The van der Waals surface area contributed by atoms with Gasteiger partial charge in [0.05, 0.1) is 4.47 Å². The molecule has 0 radical (unpaired) electrons. The highest BCUT2D eigenvalue weighted by Crippen LogP contribution is 2.44. The number of benzene rings is 1. The molecule has 1 N–H and O–H groups in total. The molecule has 3 aliphatic heterocycles. The molecule has 3 fully saturated rings. The third-order valence-electron chi connectivity index (χ3n) is 4.69. The Morgan fingerprint density at radius 3 is 2.70 bits per heavy atom. The second-order valence-electron chi connectivity index (χ2n) is 5.89. The van der Waals surface area contributed by atoms with Crippen molar-refractivity contribution in [3.05, 3.63) is 34.2 Å². The fraction of sp³-hybridized carbons (Fsp3) is 0.467. The number of furan rings is 1. The van der Waals surface area contributed by atoms with Crippen LogP contribution in [0.3, 0.4) is 0 Å². The van der Waals surface area contributed by atoms with Gasteiger partial charge in [-0.05, 0) is 66.0 Å². The Balaban J connectivity index is 1.84. The smallest absolute Gasteiger partial charge is 0.148 e. The minimum Gasteiger partial charge on any atom is -0.457 e. The van der Waals surface area contributed by atoms with E-state index in [1.807, 2.05) is 0 Å². The predicted octanol–water partition coefficient (Wildman–Crippen LogP) is 3.25. The van der Waals surface area contributed by atoms with Crippen molar-refractivity contribution in [2.75, 3.05) is 19.6 Å². The zero-order valence-electron chi connectivity index (χ0n) is 10.9. The van der Waals surface area contributed by atoms with E-state index in [0.717, 1.165) is 25.9 Å². The van der Waals surface area contributed by atoms with E-state index in [-0.39, 0.29) is 11.7 Å². The third kappa shape index (κ3) is 1.76. The Hall–Kier alpha value is -0.910. The van der Waals surface area contributed by atoms with Crippen LogP contribution in [0.5, 0.6) is 0 Å². The highest BCUT2D eigenvalue weighted by molar-refractivity contribution is 9.10. The number of hydrogen-bond donors (Lipinski definition) is 1. The number of fused-ring (bicyclic) bond motifs is 4. The molecular formula is C15H15BrFNO2. The van der Waals surface area contributed by atoms with E-state index >= 15 is 0 Å². The average Bonchev–Trinajstić information content (AvgIpc) is 2.84. The summed E-state index contributed by atoms with van der Waals surface area (Å²) in [6.07, 6.45) is 1.98. The molecule has 3 nitrogen and oxygen atoms in total. The topological polar surface area (TPSA) is 36.6 Å². The molecule has 0 saturated carbocycles. The van der Waals surface area contributed by atoms with E-state index < -0.39 is 5.60 Å². The van der Waals surface area contributed by atoms with Crippen molar-refractivity contribution in [2.24, 2.45) is 5.92 Å². The molecule has 20 heavy (non-hydrogen) atoms. The van der Waals surface area contributed by atoms with Gasteiger partial charge in [-0.3, -0.25) is 4.90 Å². The van der Waals surface area contributed by atoms with Crippen LogP contribution in [0.25, 0.3) is 11.0 Å². The number of hydrogen-bond acceptors (Lipinski definition) is 3. The number of piperidine rings is 3. The van der Waals surface area contributed by atoms with Crippen molar-refractivity contribution >= 4 is 26.9 Å². The first-order chi connectivity index (χ1) is 9.56. The summed E-state index contributed by atoms with van der Waals surface area (Å²) in [6, 6.07) is 4.61. The van der Waals surface area contributed by atoms with E-state index in [1.54, 1.807) is 6.07 Å². The molecule has 3 saturated heterocycles. The molecule has 1 unspecified atom stereocenters. The minimum absolute atomic E-state index is 0.233. The molecule has 2 aromatic rings. The van der Waals surface area contributed by atoms with Crippen LogP contribution in [0.1, 0.15) is 18.6 Å². The Morgan fingerprint density at radius 2 is 2.05 bits per heavy atom. The van der Waals surface area contributed by atoms with E-state index in [0.29, 0.717) is 27.7 Å². The molecule has 5 rings (SSSR count). The van der Waals surface area contributed by atoms with Crippen LogP contribution in [0.2, 0.25) is 0 Å². The third-order valence-corrected chi connectivity index (χ3v) is 5.28. The Bertz CT molecular complexity index is 678. The minimum atomic E-state index is -0.939. The molecule has 1 aromatic heterocycles. The van der Waals surface area contributed by atoms with Crippen LogP contribution in [0.4, 0.5) is 4.39 Å². The number of nitrogens with zero attached hydrogens (tertiary/aromatic N) is 1. The lowest BCUT2D eigenvalue weighted by Crippen LogP contribution is -2.56. The maximum Gasteiger partial charge on any atom is 0.148 e. The van der Waals surface area contributed by atoms with Crippen molar-refractivity contribution in [3.63, 3.8) is 0 Å². The van der Waals surface area contributed by atoms with Gasteiger partial charge in [-0.25, -0.2) is 4.39 Å². The van der Waals surface area contributed by atoms with Gasteiger partial charge in [0.2, 0.25) is 0 Å². The fourth-order valence-electron chi connectivity index (χ4n) is 3.61. The fourth-order valence-corrected chi connectivity index (χ4v) is 4.14. The monoisotopic (exact) mass is 339 g/mol. The normalized spacial score (nSPS) is 33.0. The largest absolute Gasteiger partial charge is 0.457 e. The van der Waals surface area contributed by atoms with Crippen molar-refractivity contribution in [1.82, 2.24) is 4.90 Å². The van der Waals surface area contributed by atoms with Crippen LogP contribution >= 0.6 is 15.9 Å². The van der Waals surface area contributed by atoms with Gasteiger partial charge < -0.3 is 9.52 Å². The second kappa shape index (κ2) is 4.29. The van der Waals surface area contributed by atoms with Crippen molar-refractivity contribution in [2.45, 2.75) is 18.4 Å². The molecule has 4 heterocycles. The number of aliphatic hydroxyl groups is 1. The van der Waals surface area contributed by atoms with Crippen LogP contribution in [-0.4, -0.2) is 29.6 Å². The summed E-state index contributed by atoms with van der Waals surface area (Å²) in [5, 5.41) is 11.7. The molecule has 2 bridgehead atoms. The summed E-state index contributed by atoms with van der Waals surface area (Å²) in [4.78, 5) is 2.27. The standard InChI is InChI=1S/C15H15BrFNO2/c16-12-7-11(17)5-9-6-13(20-14(9)12)15(19)8-18-3-1-10(15)2-4-18/h5-7,10,19H,1-4,8H2.